The molecule has 17 nitrogen and oxygen atoms in total. The lowest BCUT2D eigenvalue weighted by atomic mass is 10.0. The highest BCUT2D eigenvalue weighted by Crippen LogP contribution is 2.45. The summed E-state index contributed by atoms with van der Waals surface area (Å²) in [6, 6.07) is 0. The number of aliphatic hydroxyl groups excluding tert-OH is 1. The van der Waals surface area contributed by atoms with Crippen molar-refractivity contribution in [2.24, 2.45) is 17.8 Å². The summed E-state index contributed by atoms with van der Waals surface area (Å²) in [7, 11) is -9.91. The topological polar surface area (TPSA) is 237 Å². The molecule has 0 aromatic heterocycles. The number of aliphatic hydroxyl groups is 1. The molecule has 19 heteroatoms. The van der Waals surface area contributed by atoms with E-state index in [0.717, 1.165) is 108 Å². The fourth-order valence-electron chi connectivity index (χ4n) is 11.6. The number of unbranched alkanes of at least 4 members (excludes halogenated alkanes) is 42. The molecule has 0 spiro atoms. The number of carbonyl (C=O) groups excluding carboxylic acids is 4. The second-order valence-electron chi connectivity index (χ2n) is 28.8. The van der Waals surface area contributed by atoms with Crippen molar-refractivity contribution >= 4 is 39.5 Å². The van der Waals surface area contributed by atoms with Gasteiger partial charge < -0.3 is 33.8 Å². The maximum absolute atomic E-state index is 13.1. The zero-order valence-electron chi connectivity index (χ0n) is 62.1. The summed E-state index contributed by atoms with van der Waals surface area (Å²) >= 11 is 0. The Kier molecular flexibility index (Phi) is 65.2. The molecule has 0 amide bonds. The summed E-state index contributed by atoms with van der Waals surface area (Å²) < 4.78 is 68.5. The summed E-state index contributed by atoms with van der Waals surface area (Å²) in [6.07, 6.45) is 52.7. The van der Waals surface area contributed by atoms with Gasteiger partial charge in [0.25, 0.3) is 0 Å². The molecule has 5 atom stereocenters. The smallest absolute Gasteiger partial charge is 0.462 e. The van der Waals surface area contributed by atoms with Gasteiger partial charge in [0.05, 0.1) is 26.4 Å². The van der Waals surface area contributed by atoms with Gasteiger partial charge in [-0.2, -0.15) is 0 Å². The predicted octanol–water partition coefficient (Wildman–Crippen LogP) is 22.2. The molecule has 0 heterocycles. The molecule has 0 saturated heterocycles. The number of hydrogen-bond acceptors (Lipinski definition) is 15. The second-order valence-corrected chi connectivity index (χ2v) is 31.7. The first-order valence-corrected chi connectivity index (χ1v) is 42.3. The van der Waals surface area contributed by atoms with Crippen LogP contribution >= 0.6 is 15.6 Å². The fourth-order valence-corrected chi connectivity index (χ4v) is 13.2. The Morgan fingerprint density at radius 2 is 0.484 bits per heavy atom. The summed E-state index contributed by atoms with van der Waals surface area (Å²) in [5.74, 6) is 0.154. The highest BCUT2D eigenvalue weighted by molar-refractivity contribution is 7.47. The van der Waals surface area contributed by atoms with Crippen LogP contribution in [0.1, 0.15) is 389 Å². The number of carbonyl (C=O) groups is 4. The lowest BCUT2D eigenvalue weighted by Gasteiger charge is -2.21. The molecule has 95 heavy (non-hydrogen) atoms. The quantitative estimate of drug-likeness (QED) is 0.0222. The van der Waals surface area contributed by atoms with Gasteiger partial charge in [-0.05, 0) is 43.4 Å². The first-order chi connectivity index (χ1) is 45.7. The van der Waals surface area contributed by atoms with Gasteiger partial charge in [-0.25, -0.2) is 9.13 Å². The average Bonchev–Trinajstić information content (AvgIpc) is 1.37. The number of rotatable bonds is 74. The molecule has 2 unspecified atom stereocenters. The standard InChI is InChI=1S/C76H148O17P2/c1-8-9-10-11-12-13-14-19-23-28-36-43-50-57-73(78)86-63-71(92-75(80)59-52-45-38-29-24-21-18-16-15-17-20-22-26-33-40-47-54-67(2)3)65-90-94(82,83)88-61-70(77)62-89-95(84,85)91-66-72(64-87-74(79)58-51-44-37-32-31-35-42-49-56-69(6)7)93-76(81)60-53-46-39-30-25-27-34-41-48-55-68(4)5/h67-72,77H,8-66H2,1-7H3,(H,82,83)(H,84,85)/t70-,71-,72-/m1/s1. The van der Waals surface area contributed by atoms with E-state index in [4.69, 9.17) is 37.0 Å². The van der Waals surface area contributed by atoms with Crippen LogP contribution in [0.5, 0.6) is 0 Å². The van der Waals surface area contributed by atoms with Crippen molar-refractivity contribution in [2.75, 3.05) is 39.6 Å². The molecule has 0 bridgehead atoms. The van der Waals surface area contributed by atoms with Gasteiger partial charge in [0.2, 0.25) is 0 Å². The maximum atomic E-state index is 13.1. The lowest BCUT2D eigenvalue weighted by molar-refractivity contribution is -0.161. The number of ether oxygens (including phenoxy) is 4. The van der Waals surface area contributed by atoms with Gasteiger partial charge in [-0.3, -0.25) is 37.3 Å². The van der Waals surface area contributed by atoms with Crippen LogP contribution in [0.3, 0.4) is 0 Å². The summed E-state index contributed by atoms with van der Waals surface area (Å²) in [5.41, 5.74) is 0. The molecule has 0 aliphatic carbocycles. The molecule has 0 aliphatic rings. The third kappa shape index (κ3) is 70.3. The van der Waals surface area contributed by atoms with E-state index >= 15 is 0 Å². The number of hydrogen-bond donors (Lipinski definition) is 3. The van der Waals surface area contributed by atoms with Crippen LogP contribution in [-0.4, -0.2) is 96.7 Å². The first-order valence-electron chi connectivity index (χ1n) is 39.3. The largest absolute Gasteiger partial charge is 0.472 e. The van der Waals surface area contributed by atoms with Crippen molar-refractivity contribution in [3.63, 3.8) is 0 Å². The molecule has 0 rings (SSSR count). The van der Waals surface area contributed by atoms with E-state index in [1.807, 2.05) is 0 Å². The number of phosphoric acid groups is 2. The maximum Gasteiger partial charge on any atom is 0.472 e. The van der Waals surface area contributed by atoms with Gasteiger partial charge in [0.1, 0.15) is 19.3 Å². The molecule has 3 N–H and O–H groups in total. The normalized spacial score (nSPS) is 14.1. The second kappa shape index (κ2) is 66.6. The molecule has 0 fully saturated rings. The Bertz CT molecular complexity index is 1850. The van der Waals surface area contributed by atoms with Crippen molar-refractivity contribution in [2.45, 2.75) is 407 Å². The van der Waals surface area contributed by atoms with Crippen LogP contribution in [0, 0.1) is 17.8 Å². The monoisotopic (exact) mass is 1400 g/mol. The molecule has 0 aromatic carbocycles. The number of phosphoric ester groups is 2. The third-order valence-corrected chi connectivity index (χ3v) is 19.5. The van der Waals surface area contributed by atoms with Crippen LogP contribution in [0.2, 0.25) is 0 Å². The van der Waals surface area contributed by atoms with Gasteiger partial charge in [0, 0.05) is 25.7 Å². The van der Waals surface area contributed by atoms with Gasteiger partial charge in [0.15, 0.2) is 12.2 Å². The Morgan fingerprint density at radius 3 is 0.716 bits per heavy atom. The minimum absolute atomic E-state index is 0.105. The van der Waals surface area contributed by atoms with Gasteiger partial charge >= 0.3 is 39.5 Å². The van der Waals surface area contributed by atoms with Crippen molar-refractivity contribution in [3.8, 4) is 0 Å². The summed E-state index contributed by atoms with van der Waals surface area (Å²) in [6.45, 7) is 11.9. The number of esters is 4. The van der Waals surface area contributed by atoms with E-state index in [1.54, 1.807) is 0 Å². The van der Waals surface area contributed by atoms with E-state index in [9.17, 15) is 43.2 Å². The van der Waals surface area contributed by atoms with Crippen LogP contribution in [0.25, 0.3) is 0 Å². The van der Waals surface area contributed by atoms with Crippen molar-refractivity contribution < 1.29 is 80.2 Å². The fraction of sp³-hybridized carbons (Fsp3) is 0.947. The highest BCUT2D eigenvalue weighted by Gasteiger charge is 2.30. The molecular weight excluding hydrogens is 1250 g/mol. The zero-order chi connectivity index (χ0) is 70.1. The van der Waals surface area contributed by atoms with Crippen molar-refractivity contribution in [1.82, 2.24) is 0 Å². The molecule has 0 aromatic rings. The SMILES string of the molecule is CCCCCCCCCCCCCCCC(=O)OC[C@H](COP(=O)(O)OC[C@@H](O)COP(=O)(O)OC[C@@H](COC(=O)CCCCCCCCCCC(C)C)OC(=O)CCCCCCCCCCCC(C)C)OC(=O)CCCCCCCCCCCCCCCCCCC(C)C. The highest BCUT2D eigenvalue weighted by atomic mass is 31.2. The Hall–Kier alpha value is -1.94. The summed E-state index contributed by atoms with van der Waals surface area (Å²) in [4.78, 5) is 72.8. The van der Waals surface area contributed by atoms with Crippen LogP contribution in [-0.2, 0) is 65.4 Å². The van der Waals surface area contributed by atoms with E-state index in [2.05, 4.69) is 48.5 Å². The van der Waals surface area contributed by atoms with Crippen molar-refractivity contribution in [1.29, 1.82) is 0 Å². The van der Waals surface area contributed by atoms with Gasteiger partial charge in [-0.15, -0.1) is 0 Å². The van der Waals surface area contributed by atoms with Crippen molar-refractivity contribution in [3.05, 3.63) is 0 Å². The van der Waals surface area contributed by atoms with E-state index in [-0.39, 0.29) is 25.7 Å². The third-order valence-electron chi connectivity index (χ3n) is 17.6. The molecule has 0 saturated carbocycles. The minimum atomic E-state index is -4.96. The molecular formula is C76H148O17P2. The summed E-state index contributed by atoms with van der Waals surface area (Å²) in [5, 5.41) is 10.6. The van der Waals surface area contributed by atoms with Crippen LogP contribution in [0.4, 0.5) is 0 Å². The lowest BCUT2D eigenvalue weighted by Crippen LogP contribution is -2.30. The molecule has 0 radical (unpaired) electrons. The minimum Gasteiger partial charge on any atom is -0.462 e. The van der Waals surface area contributed by atoms with E-state index < -0.39 is 97.5 Å². The predicted molar refractivity (Wildman–Crippen MR) is 386 cm³/mol. The van der Waals surface area contributed by atoms with Crippen LogP contribution in [0.15, 0.2) is 0 Å². The van der Waals surface area contributed by atoms with Crippen LogP contribution < -0.4 is 0 Å². The average molecular weight is 1400 g/mol. The molecule has 564 valence electrons. The Morgan fingerprint density at radius 1 is 0.284 bits per heavy atom. The zero-order valence-corrected chi connectivity index (χ0v) is 63.9. The Balaban J connectivity index is 5.23. The molecule has 0 aliphatic heterocycles. The van der Waals surface area contributed by atoms with E-state index in [1.165, 1.54) is 199 Å². The first kappa shape index (κ1) is 93.1. The van der Waals surface area contributed by atoms with E-state index in [0.29, 0.717) is 25.7 Å². The van der Waals surface area contributed by atoms with Gasteiger partial charge in [-0.1, -0.05) is 337 Å². The Labute approximate surface area is 581 Å².